The van der Waals surface area contributed by atoms with Gasteiger partial charge in [-0.05, 0) is 12.1 Å². The summed E-state index contributed by atoms with van der Waals surface area (Å²) >= 11 is 5.83. The molecule has 0 N–H and O–H groups in total. The van der Waals surface area contributed by atoms with Crippen LogP contribution in [0, 0.1) is 17.1 Å². The predicted octanol–water partition coefficient (Wildman–Crippen LogP) is 2.82. The van der Waals surface area contributed by atoms with Gasteiger partial charge >= 0.3 is 0 Å². The fraction of sp³-hybridized carbons (Fsp3) is 0.154. The van der Waals surface area contributed by atoms with E-state index in [-0.39, 0.29) is 33.5 Å². The van der Waals surface area contributed by atoms with Crippen molar-refractivity contribution in [3.05, 3.63) is 34.9 Å². The second kappa shape index (κ2) is 5.72. The zero-order chi connectivity index (χ0) is 14.7. The molecule has 0 atom stereocenters. The smallest absolute Gasteiger partial charge is 0.235 e. The van der Waals surface area contributed by atoms with Gasteiger partial charge in [0.05, 0.1) is 24.9 Å². The van der Waals surface area contributed by atoms with E-state index in [4.69, 9.17) is 21.1 Å². The average molecular weight is 294 g/mol. The fourth-order valence-corrected chi connectivity index (χ4v) is 1.92. The van der Waals surface area contributed by atoms with Gasteiger partial charge in [-0.15, -0.1) is 0 Å². The number of hydrogen-bond donors (Lipinski definition) is 0. The van der Waals surface area contributed by atoms with Crippen molar-refractivity contribution < 1.29 is 13.9 Å². The average Bonchev–Trinajstić information content (AvgIpc) is 2.46. The largest absolute Gasteiger partial charge is 0.495 e. The second-order valence-corrected chi connectivity index (χ2v) is 4.09. The zero-order valence-electron chi connectivity index (χ0n) is 10.6. The summed E-state index contributed by atoms with van der Waals surface area (Å²) in [6.45, 7) is 0. The van der Waals surface area contributed by atoms with Crippen LogP contribution in [0.4, 0.5) is 4.39 Å². The normalized spacial score (nSPS) is 9.95. The maximum atomic E-state index is 14.1. The van der Waals surface area contributed by atoms with Crippen molar-refractivity contribution in [3.8, 4) is 29.0 Å². The third-order valence-electron chi connectivity index (χ3n) is 2.61. The standard InChI is InChI=1S/C13H9ClFN3O2/c1-19-11-3-7(10(15)4-9(11)14)12-8(5-16)13(20-2)18-6-17-12/h3-4,6H,1-2H3. The summed E-state index contributed by atoms with van der Waals surface area (Å²) in [5.41, 5.74) is 0.244. The molecule has 7 heteroatoms. The van der Waals surface area contributed by atoms with Crippen molar-refractivity contribution >= 4 is 11.6 Å². The Morgan fingerprint density at radius 1 is 1.25 bits per heavy atom. The maximum Gasteiger partial charge on any atom is 0.235 e. The van der Waals surface area contributed by atoms with Gasteiger partial charge in [0.1, 0.15) is 29.5 Å². The van der Waals surface area contributed by atoms with E-state index >= 15 is 0 Å². The Morgan fingerprint density at radius 3 is 2.60 bits per heavy atom. The Kier molecular flexibility index (Phi) is 4.01. The summed E-state index contributed by atoms with van der Waals surface area (Å²) in [6, 6.07) is 4.38. The molecule has 0 saturated carbocycles. The molecular weight excluding hydrogens is 285 g/mol. The van der Waals surface area contributed by atoms with Crippen molar-refractivity contribution in [1.29, 1.82) is 5.26 Å². The molecule has 102 valence electrons. The predicted molar refractivity (Wildman–Crippen MR) is 70.3 cm³/mol. The van der Waals surface area contributed by atoms with Gasteiger partial charge in [-0.1, -0.05) is 11.6 Å². The fourth-order valence-electron chi connectivity index (χ4n) is 1.70. The SMILES string of the molecule is COc1cc(-c2ncnc(OC)c2C#N)c(F)cc1Cl. The van der Waals surface area contributed by atoms with Crippen LogP contribution >= 0.6 is 11.6 Å². The van der Waals surface area contributed by atoms with Crippen molar-refractivity contribution in [2.75, 3.05) is 14.2 Å². The van der Waals surface area contributed by atoms with Gasteiger partial charge in [-0.2, -0.15) is 5.26 Å². The van der Waals surface area contributed by atoms with E-state index in [1.165, 1.54) is 26.6 Å². The summed E-state index contributed by atoms with van der Waals surface area (Å²) < 4.78 is 24.1. The first-order valence-electron chi connectivity index (χ1n) is 5.44. The monoisotopic (exact) mass is 293 g/mol. The van der Waals surface area contributed by atoms with Crippen LogP contribution in [0.2, 0.25) is 5.02 Å². The maximum absolute atomic E-state index is 14.1. The lowest BCUT2D eigenvalue weighted by molar-refractivity contribution is 0.395. The van der Waals surface area contributed by atoms with Crippen LogP contribution in [0.3, 0.4) is 0 Å². The summed E-state index contributed by atoms with van der Waals surface area (Å²) in [4.78, 5) is 7.75. The minimum atomic E-state index is -0.618. The molecule has 0 aliphatic rings. The lowest BCUT2D eigenvalue weighted by atomic mass is 10.1. The van der Waals surface area contributed by atoms with E-state index < -0.39 is 5.82 Å². The highest BCUT2D eigenvalue weighted by Gasteiger charge is 2.18. The Labute approximate surface area is 119 Å². The first-order chi connectivity index (χ1) is 9.62. The molecule has 0 aliphatic carbocycles. The topological polar surface area (TPSA) is 68.0 Å². The van der Waals surface area contributed by atoms with Crippen LogP contribution in [-0.4, -0.2) is 24.2 Å². The molecular formula is C13H9ClFN3O2. The van der Waals surface area contributed by atoms with Gasteiger partial charge in [-0.25, -0.2) is 14.4 Å². The van der Waals surface area contributed by atoms with Gasteiger partial charge in [0.15, 0.2) is 0 Å². The highest BCUT2D eigenvalue weighted by molar-refractivity contribution is 6.32. The van der Waals surface area contributed by atoms with E-state index in [0.29, 0.717) is 0 Å². The van der Waals surface area contributed by atoms with Crippen molar-refractivity contribution in [2.24, 2.45) is 0 Å². The summed E-state index contributed by atoms with van der Waals surface area (Å²) in [5, 5.41) is 9.31. The molecule has 0 radical (unpaired) electrons. The van der Waals surface area contributed by atoms with Crippen LogP contribution < -0.4 is 9.47 Å². The van der Waals surface area contributed by atoms with Gasteiger partial charge in [-0.3, -0.25) is 0 Å². The molecule has 0 saturated heterocycles. The molecule has 0 unspecified atom stereocenters. The lowest BCUT2D eigenvalue weighted by Gasteiger charge is -2.10. The molecule has 0 aliphatic heterocycles. The van der Waals surface area contributed by atoms with Crippen molar-refractivity contribution in [2.45, 2.75) is 0 Å². The Hall–Kier alpha value is -2.39. The van der Waals surface area contributed by atoms with E-state index in [0.717, 1.165) is 6.07 Å². The quantitative estimate of drug-likeness (QED) is 0.870. The van der Waals surface area contributed by atoms with Crippen LogP contribution in [0.5, 0.6) is 11.6 Å². The minimum Gasteiger partial charge on any atom is -0.495 e. The zero-order valence-corrected chi connectivity index (χ0v) is 11.4. The van der Waals surface area contributed by atoms with Crippen LogP contribution in [0.1, 0.15) is 5.56 Å². The van der Waals surface area contributed by atoms with Crippen LogP contribution in [-0.2, 0) is 0 Å². The molecule has 0 spiro atoms. The van der Waals surface area contributed by atoms with Gasteiger partial charge in [0.2, 0.25) is 5.88 Å². The van der Waals surface area contributed by atoms with E-state index in [1.54, 1.807) is 0 Å². The molecule has 1 heterocycles. The molecule has 2 aromatic rings. The molecule has 5 nitrogen and oxygen atoms in total. The Bertz CT molecular complexity index is 701. The summed E-state index contributed by atoms with van der Waals surface area (Å²) in [7, 11) is 2.78. The number of halogens is 2. The van der Waals surface area contributed by atoms with Gasteiger partial charge in [0, 0.05) is 5.56 Å². The first-order valence-corrected chi connectivity index (χ1v) is 5.82. The van der Waals surface area contributed by atoms with Crippen LogP contribution in [0.25, 0.3) is 11.3 Å². The highest BCUT2D eigenvalue weighted by atomic mass is 35.5. The molecule has 1 aromatic carbocycles. The van der Waals surface area contributed by atoms with Crippen LogP contribution in [0.15, 0.2) is 18.5 Å². The Balaban J connectivity index is 2.72. The molecule has 2 rings (SSSR count). The number of aromatic nitrogens is 2. The molecule has 1 aromatic heterocycles. The number of nitrogens with zero attached hydrogens (tertiary/aromatic N) is 3. The van der Waals surface area contributed by atoms with Gasteiger partial charge in [0.25, 0.3) is 0 Å². The number of rotatable bonds is 3. The highest BCUT2D eigenvalue weighted by Crippen LogP contribution is 2.34. The summed E-state index contributed by atoms with van der Waals surface area (Å²) in [6.07, 6.45) is 1.19. The van der Waals surface area contributed by atoms with E-state index in [9.17, 15) is 9.65 Å². The van der Waals surface area contributed by atoms with E-state index in [2.05, 4.69) is 9.97 Å². The third-order valence-corrected chi connectivity index (χ3v) is 2.91. The molecule has 0 bridgehead atoms. The molecule has 0 amide bonds. The van der Waals surface area contributed by atoms with Crippen molar-refractivity contribution in [1.82, 2.24) is 9.97 Å². The Morgan fingerprint density at radius 2 is 2.00 bits per heavy atom. The number of hydrogen-bond acceptors (Lipinski definition) is 5. The molecule has 0 fully saturated rings. The van der Waals surface area contributed by atoms with E-state index in [1.807, 2.05) is 6.07 Å². The summed E-state index contributed by atoms with van der Waals surface area (Å²) in [5.74, 6) is -0.261. The third kappa shape index (κ3) is 2.36. The second-order valence-electron chi connectivity index (χ2n) is 3.68. The number of nitriles is 1. The lowest BCUT2D eigenvalue weighted by Crippen LogP contribution is -1.99. The number of benzene rings is 1. The molecule has 20 heavy (non-hydrogen) atoms. The van der Waals surface area contributed by atoms with Crippen molar-refractivity contribution in [3.63, 3.8) is 0 Å². The van der Waals surface area contributed by atoms with Gasteiger partial charge < -0.3 is 9.47 Å². The number of ether oxygens (including phenoxy) is 2. The first kappa shape index (κ1) is 14.0. The minimum absolute atomic E-state index is 0.0401. The number of methoxy groups -OCH3 is 2.